The molecule has 1 unspecified atom stereocenters. The van der Waals surface area contributed by atoms with Crippen molar-refractivity contribution >= 4 is 52.6 Å². The molecule has 5 aromatic rings. The summed E-state index contributed by atoms with van der Waals surface area (Å²) in [5, 5.41) is 15.7. The Balaban J connectivity index is 1.04. The number of urea groups is 1. The number of carbonyl (C=O) groups is 7. The lowest BCUT2D eigenvalue weighted by Crippen LogP contribution is -2.53. The predicted molar refractivity (Wildman–Crippen MR) is 288 cm³/mol. The summed E-state index contributed by atoms with van der Waals surface area (Å²) >= 11 is 0. The lowest BCUT2D eigenvalue weighted by atomic mass is 9.98. The zero-order valence-corrected chi connectivity index (χ0v) is 45.0. The van der Waals surface area contributed by atoms with Crippen LogP contribution in [0.25, 0.3) is 21.9 Å². The first-order valence-corrected chi connectivity index (χ1v) is 25.8. The minimum atomic E-state index is -1.24. The van der Waals surface area contributed by atoms with E-state index in [9.17, 15) is 33.6 Å². The number of carbonyl (C=O) groups excluding carboxylic acids is 7. The Morgan fingerprint density at radius 2 is 1.14 bits per heavy atom. The maximum Gasteiger partial charge on any atom is 0.407 e. The van der Waals surface area contributed by atoms with Crippen LogP contribution in [0, 0.1) is 0 Å². The van der Waals surface area contributed by atoms with Crippen LogP contribution < -0.4 is 26.6 Å². The second kappa shape index (κ2) is 25.6. The quantitative estimate of drug-likeness (QED) is 0.0264. The number of hydrogen-bond acceptors (Lipinski definition) is 12. The Labute approximate surface area is 445 Å². The molecule has 0 radical (unpaired) electrons. The standard InChI is InChI=1S/C59H72N6O11/c1-57(2,3)74-50(66)30-29-48(54(70)76-59(7,8)9)65-55(71)64-47(53(69)75-58(4,5)6)24-16-17-31-60-51(67)49(33-37-25-27-39-18-10-11-19-40(39)32-37)63-52(68)46-28-26-38(34-61-46)35-62-56(72)73-36-45-43-22-14-12-20-41(43)42-21-13-15-23-44(42)45/h10-15,18-23,25-28,32,34,45,47-49H,16-17,24,29-31,33,35-36H2,1-9H3,(H,60,67)(H,62,72)(H,63,68)(H2,64,65,71)/t47-,48-,49?/m0/s1. The molecule has 76 heavy (non-hydrogen) atoms. The zero-order valence-electron chi connectivity index (χ0n) is 45.0. The van der Waals surface area contributed by atoms with Gasteiger partial charge in [-0.25, -0.2) is 19.2 Å². The van der Waals surface area contributed by atoms with E-state index in [1.54, 1.807) is 68.4 Å². The van der Waals surface area contributed by atoms with E-state index in [1.807, 2.05) is 66.7 Å². The molecule has 0 saturated carbocycles. The first-order chi connectivity index (χ1) is 35.9. The number of nitrogens with zero attached hydrogens (tertiary/aromatic N) is 1. The van der Waals surface area contributed by atoms with Crippen LogP contribution in [0.1, 0.15) is 133 Å². The van der Waals surface area contributed by atoms with Crippen molar-refractivity contribution in [1.82, 2.24) is 31.6 Å². The van der Waals surface area contributed by atoms with Crippen molar-refractivity contribution in [2.24, 2.45) is 0 Å². The SMILES string of the molecule is CC(C)(C)OC(=O)CC[C@H](NC(=O)N[C@@H](CCCCNC(=O)C(Cc1ccc2ccccc2c1)NC(=O)c1ccc(CNC(=O)OCC2c3ccccc3-c3ccccc32)cn1)C(=O)OC(C)(C)C)C(=O)OC(C)(C)C. The molecule has 1 heterocycles. The zero-order chi connectivity index (χ0) is 55.2. The molecule has 5 N–H and O–H groups in total. The van der Waals surface area contributed by atoms with Crippen LogP contribution in [0.2, 0.25) is 0 Å². The van der Waals surface area contributed by atoms with Crippen LogP contribution in [0.4, 0.5) is 9.59 Å². The molecule has 1 aromatic heterocycles. The Kier molecular flexibility index (Phi) is 19.4. The number of benzene rings is 4. The van der Waals surface area contributed by atoms with Crippen molar-refractivity contribution in [3.8, 4) is 11.1 Å². The van der Waals surface area contributed by atoms with E-state index in [1.165, 1.54) is 12.3 Å². The van der Waals surface area contributed by atoms with E-state index in [-0.39, 0.29) is 57.0 Å². The van der Waals surface area contributed by atoms with Gasteiger partial charge in [0.25, 0.3) is 5.91 Å². The number of esters is 3. The van der Waals surface area contributed by atoms with Crippen molar-refractivity contribution in [1.29, 1.82) is 0 Å². The Hall–Kier alpha value is -7.82. The first kappa shape index (κ1) is 57.5. The average Bonchev–Trinajstić information content (AvgIpc) is 3.67. The Morgan fingerprint density at radius 3 is 1.74 bits per heavy atom. The van der Waals surface area contributed by atoms with Crippen LogP contribution in [-0.2, 0) is 51.1 Å². The number of fused-ring (bicyclic) bond motifs is 4. The number of rotatable bonds is 21. The molecule has 0 aliphatic heterocycles. The summed E-state index contributed by atoms with van der Waals surface area (Å²) < 4.78 is 22.2. The van der Waals surface area contributed by atoms with Gasteiger partial charge in [-0.1, -0.05) is 97.1 Å². The van der Waals surface area contributed by atoms with Gasteiger partial charge < -0.3 is 45.5 Å². The molecule has 404 valence electrons. The number of ether oxygens (including phenoxy) is 4. The highest BCUT2D eigenvalue weighted by Crippen LogP contribution is 2.44. The minimum absolute atomic E-state index is 0.0615. The molecule has 1 aliphatic rings. The van der Waals surface area contributed by atoms with Crippen LogP contribution in [0.5, 0.6) is 0 Å². The number of hydrogen-bond donors (Lipinski definition) is 5. The normalized spacial score (nSPS) is 13.4. The van der Waals surface area contributed by atoms with Gasteiger partial charge in [-0.3, -0.25) is 19.4 Å². The summed E-state index contributed by atoms with van der Waals surface area (Å²) in [7, 11) is 0. The smallest absolute Gasteiger partial charge is 0.407 e. The predicted octanol–water partition coefficient (Wildman–Crippen LogP) is 8.74. The summed E-state index contributed by atoms with van der Waals surface area (Å²) in [4.78, 5) is 97.5. The number of unbranched alkanes of at least 4 members (excludes halogenated alkanes) is 1. The van der Waals surface area contributed by atoms with Crippen LogP contribution in [0.15, 0.2) is 109 Å². The molecule has 0 saturated heterocycles. The van der Waals surface area contributed by atoms with Gasteiger partial charge in [-0.05, 0) is 138 Å². The Morgan fingerprint density at radius 1 is 0.579 bits per heavy atom. The number of aromatic nitrogens is 1. The lowest BCUT2D eigenvalue weighted by molar-refractivity contribution is -0.159. The monoisotopic (exact) mass is 1040 g/mol. The molecule has 17 heteroatoms. The van der Waals surface area contributed by atoms with Crippen molar-refractivity contribution in [3.63, 3.8) is 0 Å². The maximum atomic E-state index is 14.0. The number of nitrogens with one attached hydrogen (secondary N) is 5. The number of amides is 5. The van der Waals surface area contributed by atoms with Gasteiger partial charge in [-0.15, -0.1) is 0 Å². The minimum Gasteiger partial charge on any atom is -0.460 e. The molecule has 3 atom stereocenters. The third-order valence-corrected chi connectivity index (χ3v) is 12.0. The molecule has 1 aliphatic carbocycles. The van der Waals surface area contributed by atoms with Crippen molar-refractivity contribution in [2.45, 2.75) is 148 Å². The van der Waals surface area contributed by atoms with E-state index in [0.29, 0.717) is 18.4 Å². The third-order valence-electron chi connectivity index (χ3n) is 12.0. The summed E-state index contributed by atoms with van der Waals surface area (Å²) in [5.74, 6) is -3.16. The largest absolute Gasteiger partial charge is 0.460 e. The highest BCUT2D eigenvalue weighted by atomic mass is 16.6. The molecule has 0 bridgehead atoms. The van der Waals surface area contributed by atoms with Crippen molar-refractivity contribution in [2.75, 3.05) is 13.2 Å². The highest BCUT2D eigenvalue weighted by molar-refractivity contribution is 5.96. The maximum absolute atomic E-state index is 14.0. The van der Waals surface area contributed by atoms with E-state index in [0.717, 1.165) is 38.6 Å². The number of alkyl carbamates (subject to hydrolysis) is 1. The summed E-state index contributed by atoms with van der Waals surface area (Å²) in [6.07, 6.45) is 1.55. The van der Waals surface area contributed by atoms with Crippen LogP contribution in [-0.4, -0.2) is 94.9 Å². The van der Waals surface area contributed by atoms with Gasteiger partial charge in [0.1, 0.15) is 47.2 Å². The van der Waals surface area contributed by atoms with Gasteiger partial charge >= 0.3 is 30.0 Å². The van der Waals surface area contributed by atoms with Gasteiger partial charge in [0.05, 0.1) is 0 Å². The molecule has 0 fully saturated rings. The second-order valence-corrected chi connectivity index (χ2v) is 21.8. The fourth-order valence-electron chi connectivity index (χ4n) is 8.59. The molecule has 5 amide bonds. The van der Waals surface area contributed by atoms with E-state index < -0.39 is 76.8 Å². The molecule has 0 spiro atoms. The lowest BCUT2D eigenvalue weighted by Gasteiger charge is -2.27. The molecule has 6 rings (SSSR count). The summed E-state index contributed by atoms with van der Waals surface area (Å²) in [6, 6.07) is 28.7. The van der Waals surface area contributed by atoms with E-state index in [2.05, 4.69) is 55.8 Å². The highest BCUT2D eigenvalue weighted by Gasteiger charge is 2.33. The van der Waals surface area contributed by atoms with Gasteiger partial charge in [0.2, 0.25) is 5.91 Å². The van der Waals surface area contributed by atoms with Crippen molar-refractivity contribution < 1.29 is 52.5 Å². The summed E-state index contributed by atoms with van der Waals surface area (Å²) in [5.41, 5.74) is 3.44. The molecule has 4 aromatic carbocycles. The summed E-state index contributed by atoms with van der Waals surface area (Å²) in [6.45, 7) is 15.7. The topological polar surface area (TPSA) is 229 Å². The van der Waals surface area contributed by atoms with Gasteiger partial charge in [-0.2, -0.15) is 0 Å². The van der Waals surface area contributed by atoms with E-state index >= 15 is 0 Å². The fourth-order valence-corrected chi connectivity index (χ4v) is 8.59. The average molecular weight is 1040 g/mol. The van der Waals surface area contributed by atoms with E-state index in [4.69, 9.17) is 18.9 Å². The molecule has 17 nitrogen and oxygen atoms in total. The molecular formula is C59H72N6O11. The Bertz CT molecular complexity index is 2820. The first-order valence-electron chi connectivity index (χ1n) is 25.8. The van der Waals surface area contributed by atoms with Gasteiger partial charge in [0.15, 0.2) is 0 Å². The van der Waals surface area contributed by atoms with Crippen LogP contribution >= 0.6 is 0 Å². The second-order valence-electron chi connectivity index (χ2n) is 21.8. The third kappa shape index (κ3) is 17.7. The number of pyridine rings is 1. The van der Waals surface area contributed by atoms with Gasteiger partial charge in [0, 0.05) is 38.0 Å². The van der Waals surface area contributed by atoms with Crippen LogP contribution in [0.3, 0.4) is 0 Å². The van der Waals surface area contributed by atoms with Crippen molar-refractivity contribution in [3.05, 3.63) is 137 Å². The fraction of sp³-hybridized carbons (Fsp3) is 0.424. The molecular weight excluding hydrogens is 969 g/mol.